The Hall–Kier alpha value is -2.13. The molecule has 1 N–H and O–H groups in total. The molecule has 1 fully saturated rings. The third-order valence-corrected chi connectivity index (χ3v) is 3.04. The van der Waals surface area contributed by atoms with Crippen molar-refractivity contribution in [2.75, 3.05) is 11.9 Å². The molecule has 1 saturated heterocycles. The highest BCUT2D eigenvalue weighted by Gasteiger charge is 2.26. The maximum Gasteiger partial charge on any atom is 0.293 e. The minimum Gasteiger partial charge on any atom is -0.376 e. The van der Waals surface area contributed by atoms with Crippen LogP contribution in [0.15, 0.2) is 18.2 Å². The Morgan fingerprint density at radius 2 is 2.39 bits per heavy atom. The van der Waals surface area contributed by atoms with Gasteiger partial charge in [0.1, 0.15) is 5.69 Å². The molecule has 1 aliphatic heterocycles. The highest BCUT2D eigenvalue weighted by Crippen LogP contribution is 2.28. The van der Waals surface area contributed by atoms with Crippen molar-refractivity contribution in [1.82, 2.24) is 0 Å². The quantitative estimate of drug-likeness (QED) is 0.652. The van der Waals surface area contributed by atoms with E-state index in [1.165, 1.54) is 6.07 Å². The fourth-order valence-corrected chi connectivity index (χ4v) is 2.00. The van der Waals surface area contributed by atoms with Crippen molar-refractivity contribution in [2.45, 2.75) is 25.5 Å². The molecular formula is C12H13N3O3. The molecule has 18 heavy (non-hydrogen) atoms. The summed E-state index contributed by atoms with van der Waals surface area (Å²) in [7, 11) is 0. The number of hydrogen-bond acceptors (Lipinski definition) is 5. The second-order valence-corrected chi connectivity index (χ2v) is 4.22. The number of nitrogens with one attached hydrogen (secondary N) is 1. The van der Waals surface area contributed by atoms with Crippen LogP contribution in [0.5, 0.6) is 0 Å². The maximum absolute atomic E-state index is 11.0. The van der Waals surface area contributed by atoms with E-state index in [9.17, 15) is 10.1 Å². The maximum atomic E-state index is 11.0. The van der Waals surface area contributed by atoms with E-state index < -0.39 is 4.92 Å². The van der Waals surface area contributed by atoms with Gasteiger partial charge in [-0.05, 0) is 25.5 Å². The average molecular weight is 247 g/mol. The number of anilines is 1. The topological polar surface area (TPSA) is 88.2 Å². The van der Waals surface area contributed by atoms with Crippen LogP contribution in [0.2, 0.25) is 0 Å². The third kappa shape index (κ3) is 2.41. The Morgan fingerprint density at radius 1 is 1.61 bits per heavy atom. The summed E-state index contributed by atoms with van der Waals surface area (Å²) in [5.74, 6) is 0. The summed E-state index contributed by atoms with van der Waals surface area (Å²) < 4.78 is 5.40. The minimum absolute atomic E-state index is 0.0280. The van der Waals surface area contributed by atoms with Gasteiger partial charge in [-0.1, -0.05) is 0 Å². The van der Waals surface area contributed by atoms with E-state index in [0.717, 1.165) is 6.42 Å². The van der Waals surface area contributed by atoms with E-state index in [1.54, 1.807) is 12.1 Å². The lowest BCUT2D eigenvalue weighted by atomic mass is 10.1. The number of nitrogens with zero attached hydrogens (tertiary/aromatic N) is 2. The molecule has 0 aromatic heterocycles. The van der Waals surface area contributed by atoms with E-state index in [0.29, 0.717) is 12.3 Å². The third-order valence-electron chi connectivity index (χ3n) is 3.04. The smallest absolute Gasteiger partial charge is 0.293 e. The zero-order valence-corrected chi connectivity index (χ0v) is 9.92. The lowest BCUT2D eigenvalue weighted by Gasteiger charge is -2.17. The summed E-state index contributed by atoms with van der Waals surface area (Å²) in [5.41, 5.74) is 0.637. The van der Waals surface area contributed by atoms with Crippen LogP contribution in [0, 0.1) is 21.4 Å². The summed E-state index contributed by atoms with van der Waals surface area (Å²) in [5, 5.41) is 22.8. The lowest BCUT2D eigenvalue weighted by Crippen LogP contribution is -2.27. The van der Waals surface area contributed by atoms with E-state index >= 15 is 0 Å². The number of nitro groups is 1. The van der Waals surface area contributed by atoms with Crippen molar-refractivity contribution in [3.05, 3.63) is 33.9 Å². The van der Waals surface area contributed by atoms with Gasteiger partial charge in [0, 0.05) is 12.7 Å². The number of hydrogen-bond donors (Lipinski definition) is 1. The number of nitriles is 1. The first kappa shape index (κ1) is 12.3. The molecule has 0 saturated carbocycles. The van der Waals surface area contributed by atoms with Gasteiger partial charge in [-0.3, -0.25) is 10.1 Å². The van der Waals surface area contributed by atoms with Gasteiger partial charge in [-0.25, -0.2) is 0 Å². The van der Waals surface area contributed by atoms with Gasteiger partial charge in [0.15, 0.2) is 0 Å². The molecule has 1 aromatic rings. The van der Waals surface area contributed by atoms with Crippen LogP contribution in [0.4, 0.5) is 11.4 Å². The summed E-state index contributed by atoms with van der Waals surface area (Å²) >= 11 is 0. The van der Waals surface area contributed by atoms with Crippen LogP contribution in [0.1, 0.15) is 18.9 Å². The van der Waals surface area contributed by atoms with Crippen LogP contribution in [0.3, 0.4) is 0 Å². The second-order valence-electron chi connectivity index (χ2n) is 4.22. The Labute approximate surface area is 104 Å². The normalized spacial score (nSPS) is 22.4. The van der Waals surface area contributed by atoms with Gasteiger partial charge in [-0.2, -0.15) is 5.26 Å². The molecule has 6 nitrogen and oxygen atoms in total. The molecule has 2 unspecified atom stereocenters. The largest absolute Gasteiger partial charge is 0.376 e. The van der Waals surface area contributed by atoms with Crippen LogP contribution >= 0.6 is 0 Å². The van der Waals surface area contributed by atoms with Crippen LogP contribution in [-0.4, -0.2) is 23.7 Å². The highest BCUT2D eigenvalue weighted by molar-refractivity contribution is 5.64. The zero-order valence-electron chi connectivity index (χ0n) is 9.92. The predicted molar refractivity (Wildman–Crippen MR) is 65.3 cm³/mol. The Bertz CT molecular complexity index is 510. The molecule has 0 aliphatic carbocycles. The van der Waals surface area contributed by atoms with E-state index in [1.807, 2.05) is 13.0 Å². The Morgan fingerprint density at radius 3 is 2.94 bits per heavy atom. The number of ether oxygens (including phenoxy) is 1. The van der Waals surface area contributed by atoms with E-state index in [2.05, 4.69) is 5.32 Å². The molecular weight excluding hydrogens is 234 g/mol. The molecule has 2 atom stereocenters. The summed E-state index contributed by atoms with van der Waals surface area (Å²) in [6, 6.07) is 6.38. The van der Waals surface area contributed by atoms with Crippen molar-refractivity contribution in [1.29, 1.82) is 5.26 Å². The molecule has 0 radical (unpaired) electrons. The number of rotatable bonds is 3. The second kappa shape index (κ2) is 5.02. The Kier molecular flexibility index (Phi) is 3.44. The SMILES string of the molecule is CC1OCCC1Nc1ccc(C#N)cc1[N+](=O)[O-]. The first-order valence-electron chi connectivity index (χ1n) is 5.68. The van der Waals surface area contributed by atoms with Crippen molar-refractivity contribution in [3.8, 4) is 6.07 Å². The van der Waals surface area contributed by atoms with Crippen molar-refractivity contribution in [2.24, 2.45) is 0 Å². The molecule has 1 aliphatic rings. The van der Waals surface area contributed by atoms with Crippen LogP contribution in [-0.2, 0) is 4.74 Å². The first-order valence-corrected chi connectivity index (χ1v) is 5.68. The van der Waals surface area contributed by atoms with Gasteiger partial charge in [0.25, 0.3) is 5.69 Å². The lowest BCUT2D eigenvalue weighted by molar-refractivity contribution is -0.384. The van der Waals surface area contributed by atoms with E-state index in [4.69, 9.17) is 10.00 Å². The van der Waals surface area contributed by atoms with Gasteiger partial charge in [0.2, 0.25) is 0 Å². The summed E-state index contributed by atoms with van der Waals surface area (Å²) in [6.45, 7) is 2.59. The molecule has 1 aromatic carbocycles. The molecule has 0 bridgehead atoms. The summed E-state index contributed by atoms with van der Waals surface area (Å²) in [4.78, 5) is 10.5. The zero-order chi connectivity index (χ0) is 13.1. The standard InChI is InChI=1S/C12H13N3O3/c1-8-10(4-5-18-8)14-11-3-2-9(7-13)6-12(11)15(16)17/h2-3,6,8,10,14H,4-5H2,1H3. The number of benzene rings is 1. The number of nitro benzene ring substituents is 1. The highest BCUT2D eigenvalue weighted by atomic mass is 16.6. The Balaban J connectivity index is 2.27. The van der Waals surface area contributed by atoms with Gasteiger partial charge in [-0.15, -0.1) is 0 Å². The van der Waals surface area contributed by atoms with Gasteiger partial charge in [0.05, 0.1) is 28.7 Å². The fraction of sp³-hybridized carbons (Fsp3) is 0.417. The monoisotopic (exact) mass is 247 g/mol. The van der Waals surface area contributed by atoms with Crippen molar-refractivity contribution in [3.63, 3.8) is 0 Å². The molecule has 0 amide bonds. The summed E-state index contributed by atoms with van der Waals surface area (Å²) in [6.07, 6.45) is 0.846. The van der Waals surface area contributed by atoms with Crippen molar-refractivity contribution >= 4 is 11.4 Å². The minimum atomic E-state index is -0.482. The molecule has 2 rings (SSSR count). The van der Waals surface area contributed by atoms with E-state index in [-0.39, 0.29) is 23.4 Å². The van der Waals surface area contributed by atoms with Crippen molar-refractivity contribution < 1.29 is 9.66 Å². The predicted octanol–water partition coefficient (Wildman–Crippen LogP) is 2.06. The molecule has 94 valence electrons. The average Bonchev–Trinajstić information content (AvgIpc) is 2.75. The molecule has 1 heterocycles. The fourth-order valence-electron chi connectivity index (χ4n) is 2.00. The molecule has 6 heteroatoms. The van der Waals surface area contributed by atoms with Crippen LogP contribution < -0.4 is 5.32 Å². The molecule has 0 spiro atoms. The van der Waals surface area contributed by atoms with Gasteiger partial charge >= 0.3 is 0 Å². The van der Waals surface area contributed by atoms with Gasteiger partial charge < -0.3 is 10.1 Å². The van der Waals surface area contributed by atoms with Crippen LogP contribution in [0.25, 0.3) is 0 Å². The first-order chi connectivity index (χ1) is 8.61.